The first-order valence-electron chi connectivity index (χ1n) is 5.60. The van der Waals surface area contributed by atoms with E-state index in [-0.39, 0.29) is 0 Å². The van der Waals surface area contributed by atoms with Crippen LogP contribution in [0.4, 0.5) is 0 Å². The molecule has 2 heteroatoms. The second-order valence-corrected chi connectivity index (χ2v) is 4.54. The van der Waals surface area contributed by atoms with Crippen LogP contribution in [0.5, 0.6) is 5.75 Å². The normalized spacial score (nSPS) is 10.3. The van der Waals surface area contributed by atoms with Gasteiger partial charge in [-0.3, -0.25) is 0 Å². The standard InChI is InChI=1S/C15H15ClO/c1-11-5-3-4-6-15(11)17-10-13-7-8-14(16)12(2)9-13/h3-9H,10H2,1-2H3. The number of halogens is 1. The van der Waals surface area contributed by atoms with Gasteiger partial charge >= 0.3 is 0 Å². The van der Waals surface area contributed by atoms with Gasteiger partial charge in [-0.25, -0.2) is 0 Å². The molecule has 0 aliphatic carbocycles. The van der Waals surface area contributed by atoms with Crippen molar-refractivity contribution >= 4 is 11.6 Å². The van der Waals surface area contributed by atoms with E-state index in [1.54, 1.807) is 0 Å². The number of hydrogen-bond acceptors (Lipinski definition) is 1. The highest BCUT2D eigenvalue weighted by atomic mass is 35.5. The molecule has 0 aromatic heterocycles. The van der Waals surface area contributed by atoms with Crippen LogP contribution < -0.4 is 4.74 Å². The van der Waals surface area contributed by atoms with Crippen LogP contribution in [0.3, 0.4) is 0 Å². The third-order valence-electron chi connectivity index (χ3n) is 2.71. The third kappa shape index (κ3) is 3.01. The van der Waals surface area contributed by atoms with E-state index in [2.05, 4.69) is 6.07 Å². The van der Waals surface area contributed by atoms with Gasteiger partial charge in [0.2, 0.25) is 0 Å². The van der Waals surface area contributed by atoms with Gasteiger partial charge in [-0.05, 0) is 42.7 Å². The summed E-state index contributed by atoms with van der Waals surface area (Å²) in [4.78, 5) is 0. The van der Waals surface area contributed by atoms with Gasteiger partial charge in [-0.15, -0.1) is 0 Å². The van der Waals surface area contributed by atoms with Gasteiger partial charge < -0.3 is 4.74 Å². The zero-order valence-electron chi connectivity index (χ0n) is 10.0. The number of rotatable bonds is 3. The molecule has 2 aromatic carbocycles. The van der Waals surface area contributed by atoms with Crippen LogP contribution in [0.2, 0.25) is 5.02 Å². The summed E-state index contributed by atoms with van der Waals surface area (Å²) < 4.78 is 5.77. The van der Waals surface area contributed by atoms with E-state index in [9.17, 15) is 0 Å². The Labute approximate surface area is 107 Å². The molecule has 1 nitrogen and oxygen atoms in total. The van der Waals surface area contributed by atoms with Crippen molar-refractivity contribution in [3.8, 4) is 5.75 Å². The predicted molar refractivity (Wildman–Crippen MR) is 71.7 cm³/mol. The minimum atomic E-state index is 0.572. The highest BCUT2D eigenvalue weighted by Gasteiger charge is 2.01. The maximum atomic E-state index is 5.98. The molecule has 0 atom stereocenters. The second-order valence-electron chi connectivity index (χ2n) is 4.14. The van der Waals surface area contributed by atoms with Crippen LogP contribution in [-0.2, 0) is 6.61 Å². The van der Waals surface area contributed by atoms with E-state index in [0.717, 1.165) is 27.5 Å². The number of aryl methyl sites for hydroxylation is 2. The van der Waals surface area contributed by atoms with Gasteiger partial charge in [-0.2, -0.15) is 0 Å². The average molecular weight is 247 g/mol. The number of hydrogen-bond donors (Lipinski definition) is 0. The Balaban J connectivity index is 2.08. The Kier molecular flexibility index (Phi) is 3.70. The highest BCUT2D eigenvalue weighted by Crippen LogP contribution is 2.20. The van der Waals surface area contributed by atoms with Gasteiger partial charge in [0.05, 0.1) is 0 Å². The molecule has 0 aliphatic rings. The van der Waals surface area contributed by atoms with E-state index in [0.29, 0.717) is 6.61 Å². The topological polar surface area (TPSA) is 9.23 Å². The van der Waals surface area contributed by atoms with E-state index in [4.69, 9.17) is 16.3 Å². The molecule has 0 fully saturated rings. The van der Waals surface area contributed by atoms with Gasteiger partial charge in [0.1, 0.15) is 12.4 Å². The molecule has 0 heterocycles. The molecule has 0 unspecified atom stereocenters. The lowest BCUT2D eigenvalue weighted by atomic mass is 10.1. The smallest absolute Gasteiger partial charge is 0.122 e. The first kappa shape index (κ1) is 12.0. The molecular weight excluding hydrogens is 232 g/mol. The molecule has 0 N–H and O–H groups in total. The first-order chi connectivity index (χ1) is 8.16. The predicted octanol–water partition coefficient (Wildman–Crippen LogP) is 4.54. The Hall–Kier alpha value is -1.47. The molecule has 0 saturated heterocycles. The zero-order chi connectivity index (χ0) is 12.3. The maximum Gasteiger partial charge on any atom is 0.122 e. The minimum Gasteiger partial charge on any atom is -0.489 e. The quantitative estimate of drug-likeness (QED) is 0.773. The van der Waals surface area contributed by atoms with Crippen molar-refractivity contribution in [3.63, 3.8) is 0 Å². The number of ether oxygens (including phenoxy) is 1. The monoisotopic (exact) mass is 246 g/mol. The van der Waals surface area contributed by atoms with E-state index in [1.165, 1.54) is 0 Å². The van der Waals surface area contributed by atoms with E-state index < -0.39 is 0 Å². The van der Waals surface area contributed by atoms with Crippen molar-refractivity contribution < 1.29 is 4.74 Å². The molecule has 0 amide bonds. The van der Waals surface area contributed by atoms with Gasteiger partial charge in [0.25, 0.3) is 0 Å². The van der Waals surface area contributed by atoms with Crippen molar-refractivity contribution in [1.82, 2.24) is 0 Å². The van der Waals surface area contributed by atoms with Crippen molar-refractivity contribution in [2.75, 3.05) is 0 Å². The van der Waals surface area contributed by atoms with Crippen LogP contribution >= 0.6 is 11.6 Å². The van der Waals surface area contributed by atoms with Crippen molar-refractivity contribution in [3.05, 3.63) is 64.2 Å². The fourth-order valence-corrected chi connectivity index (χ4v) is 1.79. The van der Waals surface area contributed by atoms with Crippen LogP contribution in [-0.4, -0.2) is 0 Å². The molecule has 0 saturated carbocycles. The summed E-state index contributed by atoms with van der Waals surface area (Å²) in [5.41, 5.74) is 3.37. The Morgan fingerprint density at radius 2 is 1.76 bits per heavy atom. The van der Waals surface area contributed by atoms with Crippen molar-refractivity contribution in [2.45, 2.75) is 20.5 Å². The lowest BCUT2D eigenvalue weighted by Gasteiger charge is -2.09. The molecule has 0 bridgehead atoms. The minimum absolute atomic E-state index is 0.572. The van der Waals surface area contributed by atoms with Crippen molar-refractivity contribution in [2.24, 2.45) is 0 Å². The molecule has 2 aromatic rings. The van der Waals surface area contributed by atoms with Crippen LogP contribution in [0, 0.1) is 13.8 Å². The Bertz CT molecular complexity index is 520. The summed E-state index contributed by atoms with van der Waals surface area (Å²) >= 11 is 5.98. The zero-order valence-corrected chi connectivity index (χ0v) is 10.8. The van der Waals surface area contributed by atoms with Gasteiger partial charge in [0, 0.05) is 5.02 Å². The third-order valence-corrected chi connectivity index (χ3v) is 3.13. The lowest BCUT2D eigenvalue weighted by Crippen LogP contribution is -1.97. The van der Waals surface area contributed by atoms with E-state index in [1.807, 2.05) is 50.2 Å². The Morgan fingerprint density at radius 3 is 2.47 bits per heavy atom. The Morgan fingerprint density at radius 1 is 1.00 bits per heavy atom. The second kappa shape index (κ2) is 5.24. The fourth-order valence-electron chi connectivity index (χ4n) is 1.68. The molecule has 88 valence electrons. The van der Waals surface area contributed by atoms with Gasteiger partial charge in [-0.1, -0.05) is 41.9 Å². The highest BCUT2D eigenvalue weighted by molar-refractivity contribution is 6.31. The van der Waals surface area contributed by atoms with Crippen LogP contribution in [0.1, 0.15) is 16.7 Å². The summed E-state index contributed by atoms with van der Waals surface area (Å²) in [5.74, 6) is 0.931. The maximum absolute atomic E-state index is 5.98. The number of benzene rings is 2. The average Bonchev–Trinajstić information content (AvgIpc) is 2.32. The van der Waals surface area contributed by atoms with Crippen LogP contribution in [0.15, 0.2) is 42.5 Å². The SMILES string of the molecule is Cc1cc(COc2ccccc2C)ccc1Cl. The number of para-hydroxylation sites is 1. The molecule has 0 radical (unpaired) electrons. The molecule has 17 heavy (non-hydrogen) atoms. The summed E-state index contributed by atoms with van der Waals surface area (Å²) in [6, 6.07) is 14.0. The molecular formula is C15H15ClO. The summed E-state index contributed by atoms with van der Waals surface area (Å²) in [6.45, 7) is 4.62. The van der Waals surface area contributed by atoms with Crippen LogP contribution in [0.25, 0.3) is 0 Å². The fraction of sp³-hybridized carbons (Fsp3) is 0.200. The molecule has 0 spiro atoms. The molecule has 2 rings (SSSR count). The summed E-state index contributed by atoms with van der Waals surface area (Å²) in [5, 5.41) is 0.796. The van der Waals surface area contributed by atoms with Crippen molar-refractivity contribution in [1.29, 1.82) is 0 Å². The summed E-state index contributed by atoms with van der Waals surface area (Å²) in [6.07, 6.45) is 0. The molecule has 0 aliphatic heterocycles. The largest absolute Gasteiger partial charge is 0.489 e. The summed E-state index contributed by atoms with van der Waals surface area (Å²) in [7, 11) is 0. The van der Waals surface area contributed by atoms with Gasteiger partial charge in [0.15, 0.2) is 0 Å². The first-order valence-corrected chi connectivity index (χ1v) is 5.98. The van der Waals surface area contributed by atoms with E-state index >= 15 is 0 Å². The lowest BCUT2D eigenvalue weighted by molar-refractivity contribution is 0.304.